The molecule has 1 amide bonds. The average molecular weight is 349 g/mol. The molecule has 0 radical (unpaired) electrons. The molecule has 0 aromatic heterocycles. The number of hydrogen-bond acceptors (Lipinski definition) is 4. The first kappa shape index (κ1) is 21.2. The molecule has 5 nitrogen and oxygen atoms in total. The van der Waals surface area contributed by atoms with Crippen LogP contribution in [0.25, 0.3) is 0 Å². The van der Waals surface area contributed by atoms with E-state index in [-0.39, 0.29) is 12.5 Å². The monoisotopic (exact) mass is 349 g/mol. The van der Waals surface area contributed by atoms with E-state index in [4.69, 9.17) is 4.74 Å². The van der Waals surface area contributed by atoms with Gasteiger partial charge in [-0.15, -0.1) is 0 Å². The summed E-state index contributed by atoms with van der Waals surface area (Å²) < 4.78 is 5.13. The first-order valence-corrected chi connectivity index (χ1v) is 9.28. The van der Waals surface area contributed by atoms with E-state index in [1.54, 1.807) is 0 Å². The molecule has 0 aliphatic rings. The topological polar surface area (TPSA) is 66.8 Å². The molecule has 1 aromatic rings. The van der Waals surface area contributed by atoms with Crippen molar-refractivity contribution in [2.24, 2.45) is 0 Å². The maximum Gasteiger partial charge on any atom is 0.306 e. The average Bonchev–Trinajstić information content (AvgIpc) is 2.61. The molecule has 140 valence electrons. The Morgan fingerprint density at radius 3 is 2.28 bits per heavy atom. The van der Waals surface area contributed by atoms with Crippen molar-refractivity contribution < 1.29 is 19.5 Å². The maximum atomic E-state index is 12.1. The molecular weight excluding hydrogens is 318 g/mol. The number of carbonyl (C=O) groups excluding carboxylic acids is 2. The van der Waals surface area contributed by atoms with Gasteiger partial charge in [-0.25, -0.2) is 5.06 Å². The van der Waals surface area contributed by atoms with E-state index in [0.29, 0.717) is 11.5 Å². The van der Waals surface area contributed by atoms with Gasteiger partial charge < -0.3 is 4.74 Å². The first-order valence-electron chi connectivity index (χ1n) is 9.28. The molecule has 1 N–H and O–H groups in total. The minimum atomic E-state index is -0.981. The SMILES string of the molecule is CCCCCCCCCC(=O)O[C@H](C)C(=O)N(O)Cc1ccccc1. The Balaban J connectivity index is 2.21. The number of carbonyl (C=O) groups is 2. The van der Waals surface area contributed by atoms with Crippen LogP contribution in [0.3, 0.4) is 0 Å². The maximum absolute atomic E-state index is 12.1. The largest absolute Gasteiger partial charge is 0.452 e. The van der Waals surface area contributed by atoms with Gasteiger partial charge >= 0.3 is 5.97 Å². The lowest BCUT2D eigenvalue weighted by atomic mass is 10.1. The van der Waals surface area contributed by atoms with Gasteiger partial charge in [0.25, 0.3) is 5.91 Å². The van der Waals surface area contributed by atoms with Crippen molar-refractivity contribution in [1.29, 1.82) is 0 Å². The molecule has 5 heteroatoms. The first-order chi connectivity index (χ1) is 12.0. The van der Waals surface area contributed by atoms with Crippen molar-refractivity contribution in [3.8, 4) is 0 Å². The normalized spacial score (nSPS) is 11.8. The van der Waals surface area contributed by atoms with E-state index in [2.05, 4.69) is 6.92 Å². The minimum Gasteiger partial charge on any atom is -0.452 e. The van der Waals surface area contributed by atoms with Crippen molar-refractivity contribution >= 4 is 11.9 Å². The number of amides is 1. The Kier molecular flexibility index (Phi) is 10.6. The van der Waals surface area contributed by atoms with Gasteiger partial charge in [-0.2, -0.15) is 0 Å². The second-order valence-electron chi connectivity index (χ2n) is 6.38. The quantitative estimate of drug-likeness (QED) is 0.261. The molecule has 1 rings (SSSR count). The Morgan fingerprint density at radius 1 is 1.04 bits per heavy atom. The van der Waals surface area contributed by atoms with E-state index >= 15 is 0 Å². The zero-order valence-electron chi connectivity index (χ0n) is 15.4. The molecule has 0 bridgehead atoms. The van der Waals surface area contributed by atoms with Crippen LogP contribution >= 0.6 is 0 Å². The molecule has 0 unspecified atom stereocenters. The third-order valence-electron chi connectivity index (χ3n) is 4.07. The summed E-state index contributed by atoms with van der Waals surface area (Å²) in [6, 6.07) is 9.15. The summed E-state index contributed by atoms with van der Waals surface area (Å²) in [4.78, 5) is 23.9. The molecule has 0 aliphatic carbocycles. The van der Waals surface area contributed by atoms with Crippen LogP contribution in [0.15, 0.2) is 30.3 Å². The Bertz CT molecular complexity index is 504. The highest BCUT2D eigenvalue weighted by Gasteiger charge is 2.22. The summed E-state index contributed by atoms with van der Waals surface area (Å²) in [6.45, 7) is 3.74. The van der Waals surface area contributed by atoms with Crippen LogP contribution < -0.4 is 0 Å². The second-order valence-corrected chi connectivity index (χ2v) is 6.38. The van der Waals surface area contributed by atoms with Crippen LogP contribution in [0.1, 0.15) is 70.8 Å². The molecule has 0 heterocycles. The number of benzene rings is 1. The van der Waals surface area contributed by atoms with Gasteiger partial charge in [0.2, 0.25) is 0 Å². The second kappa shape index (κ2) is 12.5. The van der Waals surface area contributed by atoms with Crippen molar-refractivity contribution in [2.75, 3.05) is 0 Å². The standard InChI is InChI=1S/C20H31NO4/c1-3-4-5-6-7-8-12-15-19(22)25-17(2)20(23)21(24)16-18-13-10-9-11-14-18/h9-11,13-14,17,24H,3-8,12,15-16H2,1-2H3/t17-/m1/s1. The zero-order chi connectivity index (χ0) is 18.5. The summed E-state index contributed by atoms with van der Waals surface area (Å²) >= 11 is 0. The van der Waals surface area contributed by atoms with Crippen LogP contribution in [0.5, 0.6) is 0 Å². The van der Waals surface area contributed by atoms with Crippen molar-refractivity contribution in [2.45, 2.75) is 77.9 Å². The highest BCUT2D eigenvalue weighted by Crippen LogP contribution is 2.10. The van der Waals surface area contributed by atoms with Gasteiger partial charge in [-0.3, -0.25) is 14.8 Å². The van der Waals surface area contributed by atoms with E-state index in [0.717, 1.165) is 24.8 Å². The number of hydroxylamine groups is 2. The van der Waals surface area contributed by atoms with Gasteiger partial charge in [0.15, 0.2) is 6.10 Å². The summed E-state index contributed by atoms with van der Waals surface area (Å²) in [7, 11) is 0. The Hall–Kier alpha value is -1.88. The third kappa shape index (κ3) is 9.25. The van der Waals surface area contributed by atoms with Gasteiger partial charge in [-0.05, 0) is 18.9 Å². The summed E-state index contributed by atoms with van der Waals surface area (Å²) in [5.74, 6) is -1.00. The van der Waals surface area contributed by atoms with Crippen LogP contribution in [0, 0.1) is 0 Å². The molecule has 25 heavy (non-hydrogen) atoms. The highest BCUT2D eigenvalue weighted by atomic mass is 16.6. The summed E-state index contributed by atoms with van der Waals surface area (Å²) in [5.41, 5.74) is 0.806. The fourth-order valence-electron chi connectivity index (χ4n) is 2.58. The lowest BCUT2D eigenvalue weighted by Crippen LogP contribution is -2.37. The number of hydrogen-bond donors (Lipinski definition) is 1. The fourth-order valence-corrected chi connectivity index (χ4v) is 2.58. The van der Waals surface area contributed by atoms with Gasteiger partial charge in [-0.1, -0.05) is 75.8 Å². The lowest BCUT2D eigenvalue weighted by Gasteiger charge is -2.19. The van der Waals surface area contributed by atoms with Crippen LogP contribution in [-0.4, -0.2) is 28.3 Å². The van der Waals surface area contributed by atoms with Crippen LogP contribution in [-0.2, 0) is 20.9 Å². The molecular formula is C20H31NO4. The zero-order valence-corrected chi connectivity index (χ0v) is 15.4. The number of nitrogens with zero attached hydrogens (tertiary/aromatic N) is 1. The van der Waals surface area contributed by atoms with Crippen LogP contribution in [0.4, 0.5) is 0 Å². The molecule has 0 saturated carbocycles. The molecule has 0 saturated heterocycles. The Morgan fingerprint density at radius 2 is 1.64 bits per heavy atom. The van der Waals surface area contributed by atoms with Crippen molar-refractivity contribution in [3.63, 3.8) is 0 Å². The predicted molar refractivity (Wildman–Crippen MR) is 96.9 cm³/mol. The van der Waals surface area contributed by atoms with E-state index < -0.39 is 12.0 Å². The van der Waals surface area contributed by atoms with E-state index in [1.807, 2.05) is 30.3 Å². The van der Waals surface area contributed by atoms with Gasteiger partial charge in [0.1, 0.15) is 0 Å². The third-order valence-corrected chi connectivity index (χ3v) is 4.07. The number of ether oxygens (including phenoxy) is 1. The molecule has 0 aliphatic heterocycles. The van der Waals surface area contributed by atoms with Gasteiger partial charge in [0, 0.05) is 6.42 Å². The van der Waals surface area contributed by atoms with Crippen molar-refractivity contribution in [1.82, 2.24) is 5.06 Å². The minimum absolute atomic E-state index is 0.0688. The Labute approximate surface area is 150 Å². The van der Waals surface area contributed by atoms with Crippen molar-refractivity contribution in [3.05, 3.63) is 35.9 Å². The highest BCUT2D eigenvalue weighted by molar-refractivity contribution is 5.82. The predicted octanol–water partition coefficient (Wildman–Crippen LogP) is 4.48. The van der Waals surface area contributed by atoms with E-state index in [9.17, 15) is 14.8 Å². The van der Waals surface area contributed by atoms with Gasteiger partial charge in [0.05, 0.1) is 6.54 Å². The lowest BCUT2D eigenvalue weighted by molar-refractivity contribution is -0.183. The molecule has 1 aromatic carbocycles. The molecule has 0 fully saturated rings. The summed E-state index contributed by atoms with van der Waals surface area (Å²) in [5, 5.41) is 10.5. The smallest absolute Gasteiger partial charge is 0.306 e. The molecule has 1 atom stereocenters. The number of rotatable bonds is 12. The van der Waals surface area contributed by atoms with E-state index in [1.165, 1.54) is 32.6 Å². The number of esters is 1. The molecule has 0 spiro atoms. The fraction of sp³-hybridized carbons (Fsp3) is 0.600. The summed E-state index contributed by atoms with van der Waals surface area (Å²) in [6.07, 6.45) is 7.19. The number of unbranched alkanes of at least 4 members (excludes halogenated alkanes) is 6. The van der Waals surface area contributed by atoms with Crippen LogP contribution in [0.2, 0.25) is 0 Å².